The van der Waals surface area contributed by atoms with E-state index in [9.17, 15) is 4.79 Å². The molecule has 2 N–H and O–H groups in total. The molecule has 2 aromatic rings. The van der Waals surface area contributed by atoms with Gasteiger partial charge in [-0.05, 0) is 29.5 Å². The number of nitrogens with two attached hydrogens (primary N) is 1. The zero-order valence-corrected chi connectivity index (χ0v) is 9.59. The lowest BCUT2D eigenvalue weighted by atomic mass is 10.1. The summed E-state index contributed by atoms with van der Waals surface area (Å²) in [6.45, 7) is 0. The molecule has 0 fully saturated rings. The van der Waals surface area contributed by atoms with Crippen molar-refractivity contribution in [2.24, 2.45) is 5.73 Å². The monoisotopic (exact) mass is 237 g/mol. The Balaban J connectivity index is 2.26. The van der Waals surface area contributed by atoms with Gasteiger partial charge in [0.15, 0.2) is 0 Å². The van der Waals surface area contributed by atoms with Gasteiger partial charge in [0.25, 0.3) is 0 Å². The Hall–Kier alpha value is -2.55. The average Bonchev–Trinajstić information content (AvgIpc) is 2.56. The number of amides is 1. The lowest BCUT2D eigenvalue weighted by molar-refractivity contribution is 0.100. The van der Waals surface area contributed by atoms with Gasteiger partial charge in [-0.3, -0.25) is 4.79 Å². The third-order valence-electron chi connectivity index (χ3n) is 2.91. The van der Waals surface area contributed by atoms with E-state index in [-0.39, 0.29) is 0 Å². The van der Waals surface area contributed by atoms with E-state index in [1.165, 1.54) is 0 Å². The molecule has 3 heteroatoms. The molecule has 0 saturated heterocycles. The molecule has 1 heterocycles. The molecule has 0 radical (unpaired) electrons. The van der Waals surface area contributed by atoms with Crippen LogP contribution in [-0.2, 0) is 0 Å². The first-order chi connectivity index (χ1) is 8.74. The number of primary amides is 1. The van der Waals surface area contributed by atoms with Gasteiger partial charge < -0.3 is 10.5 Å². The van der Waals surface area contributed by atoms with Crippen molar-refractivity contribution in [2.75, 3.05) is 0 Å². The van der Waals surface area contributed by atoms with E-state index in [0.717, 1.165) is 21.8 Å². The topological polar surface area (TPSA) is 52.3 Å². The fourth-order valence-electron chi connectivity index (χ4n) is 1.97. The van der Waals surface area contributed by atoms with Crippen LogP contribution in [0.5, 0.6) is 5.75 Å². The van der Waals surface area contributed by atoms with Crippen LogP contribution in [0.25, 0.3) is 12.3 Å². The first kappa shape index (κ1) is 10.6. The van der Waals surface area contributed by atoms with E-state index in [1.54, 1.807) is 24.5 Å². The van der Waals surface area contributed by atoms with Gasteiger partial charge in [0.1, 0.15) is 5.75 Å². The number of carbonyl (C=O) groups excluding carboxylic acids is 1. The summed E-state index contributed by atoms with van der Waals surface area (Å²) in [6.07, 6.45) is 3.70. The van der Waals surface area contributed by atoms with E-state index in [4.69, 9.17) is 10.5 Å². The minimum atomic E-state index is -0.437. The molecule has 88 valence electrons. The Morgan fingerprint density at radius 2 is 1.83 bits per heavy atom. The first-order valence-corrected chi connectivity index (χ1v) is 5.61. The van der Waals surface area contributed by atoms with E-state index in [2.05, 4.69) is 0 Å². The Morgan fingerprint density at radius 3 is 2.61 bits per heavy atom. The van der Waals surface area contributed by atoms with Crippen LogP contribution in [0.4, 0.5) is 0 Å². The maximum absolute atomic E-state index is 11.2. The summed E-state index contributed by atoms with van der Waals surface area (Å²) in [5.41, 5.74) is 6.61. The number of benzene rings is 2. The number of rotatable bonds is 1. The van der Waals surface area contributed by atoms with E-state index >= 15 is 0 Å². The number of carbonyl (C=O) groups is 1. The van der Waals surface area contributed by atoms with Crippen molar-refractivity contribution < 1.29 is 9.53 Å². The summed E-state index contributed by atoms with van der Waals surface area (Å²) < 4.78 is 5.60. The predicted octanol–water partition coefficient (Wildman–Crippen LogP) is 0.745. The minimum absolute atomic E-state index is 0.437. The quantitative estimate of drug-likeness (QED) is 0.795. The van der Waals surface area contributed by atoms with Crippen molar-refractivity contribution in [3.8, 4) is 5.75 Å². The summed E-state index contributed by atoms with van der Waals surface area (Å²) in [5.74, 6) is 0.281. The molecule has 1 aliphatic rings. The van der Waals surface area contributed by atoms with Crippen LogP contribution < -0.4 is 20.9 Å². The Morgan fingerprint density at radius 1 is 1.06 bits per heavy atom. The Labute approximate surface area is 104 Å². The van der Waals surface area contributed by atoms with Gasteiger partial charge in [0.05, 0.1) is 6.26 Å². The van der Waals surface area contributed by atoms with Gasteiger partial charge in [0.2, 0.25) is 5.91 Å². The number of ether oxygens (including phenoxy) is 1. The fourth-order valence-corrected chi connectivity index (χ4v) is 1.97. The van der Waals surface area contributed by atoms with Crippen molar-refractivity contribution >= 4 is 18.2 Å². The van der Waals surface area contributed by atoms with Gasteiger partial charge in [-0.25, -0.2) is 0 Å². The van der Waals surface area contributed by atoms with Crippen LogP contribution in [0, 0.1) is 0 Å². The largest absolute Gasteiger partial charge is 0.464 e. The molecule has 0 aliphatic carbocycles. The van der Waals surface area contributed by atoms with E-state index in [1.807, 2.05) is 30.3 Å². The molecular weight excluding hydrogens is 226 g/mol. The van der Waals surface area contributed by atoms with Gasteiger partial charge >= 0.3 is 0 Å². The van der Waals surface area contributed by atoms with E-state index in [0.29, 0.717) is 5.56 Å². The molecular formula is C15H11NO2. The molecule has 3 nitrogen and oxygen atoms in total. The second kappa shape index (κ2) is 4.04. The molecule has 3 rings (SSSR count). The van der Waals surface area contributed by atoms with Crippen LogP contribution in [0.2, 0.25) is 0 Å². The number of hydrogen-bond donors (Lipinski definition) is 1. The fraction of sp³-hybridized carbons (Fsp3) is 0. The summed E-state index contributed by atoms with van der Waals surface area (Å²) in [4.78, 5) is 11.2. The molecule has 18 heavy (non-hydrogen) atoms. The van der Waals surface area contributed by atoms with Crippen molar-refractivity contribution in [3.05, 3.63) is 64.0 Å². The van der Waals surface area contributed by atoms with Crippen molar-refractivity contribution in [1.82, 2.24) is 0 Å². The highest BCUT2D eigenvalue weighted by molar-refractivity contribution is 5.93. The van der Waals surface area contributed by atoms with Crippen LogP contribution in [0.15, 0.2) is 42.5 Å². The van der Waals surface area contributed by atoms with Crippen LogP contribution in [0.3, 0.4) is 0 Å². The second-order valence-corrected chi connectivity index (χ2v) is 4.13. The summed E-state index contributed by atoms with van der Waals surface area (Å²) in [7, 11) is 0. The highest BCUT2D eigenvalue weighted by Crippen LogP contribution is 2.21. The highest BCUT2D eigenvalue weighted by Gasteiger charge is 2.07. The second-order valence-electron chi connectivity index (χ2n) is 4.13. The maximum Gasteiger partial charge on any atom is 0.248 e. The van der Waals surface area contributed by atoms with Gasteiger partial charge in [0, 0.05) is 16.3 Å². The molecule has 1 aliphatic heterocycles. The highest BCUT2D eigenvalue weighted by atomic mass is 16.5. The zero-order chi connectivity index (χ0) is 12.5. The Bertz CT molecular complexity index is 747. The van der Waals surface area contributed by atoms with E-state index < -0.39 is 5.91 Å². The zero-order valence-electron chi connectivity index (χ0n) is 9.59. The predicted molar refractivity (Wildman–Crippen MR) is 69.3 cm³/mol. The molecule has 2 aromatic carbocycles. The number of fused-ring (bicyclic) bond motifs is 2. The third kappa shape index (κ3) is 1.76. The summed E-state index contributed by atoms with van der Waals surface area (Å²) in [5, 5.41) is 2.06. The van der Waals surface area contributed by atoms with Crippen molar-refractivity contribution in [3.63, 3.8) is 0 Å². The molecule has 0 atom stereocenters. The van der Waals surface area contributed by atoms with Crippen LogP contribution in [0.1, 0.15) is 15.9 Å². The minimum Gasteiger partial charge on any atom is -0.464 e. The van der Waals surface area contributed by atoms with Crippen molar-refractivity contribution in [2.45, 2.75) is 0 Å². The summed E-state index contributed by atoms with van der Waals surface area (Å²) >= 11 is 0. The SMILES string of the molecule is NC(=O)c1ccc2c(c1)C=c1ccccc1=CO2. The standard InChI is InChI=1S/C15H11NO2/c16-15(17)11-5-6-14-13(8-11)7-10-3-1-2-4-12(10)9-18-14/h1-9H,(H2,16,17). The molecule has 0 bridgehead atoms. The van der Waals surface area contributed by atoms with Crippen LogP contribution >= 0.6 is 0 Å². The lowest BCUT2D eigenvalue weighted by Crippen LogP contribution is -2.23. The lowest BCUT2D eigenvalue weighted by Gasteiger charge is -2.04. The Kier molecular flexibility index (Phi) is 2.38. The maximum atomic E-state index is 11.2. The van der Waals surface area contributed by atoms with Gasteiger partial charge in [-0.1, -0.05) is 24.3 Å². The normalized spacial score (nSPS) is 12.0. The molecule has 0 spiro atoms. The average molecular weight is 237 g/mol. The summed E-state index contributed by atoms with van der Waals surface area (Å²) in [6, 6.07) is 13.1. The van der Waals surface area contributed by atoms with Crippen LogP contribution in [-0.4, -0.2) is 5.91 Å². The smallest absolute Gasteiger partial charge is 0.248 e. The molecule has 0 unspecified atom stereocenters. The van der Waals surface area contributed by atoms with Gasteiger partial charge in [-0.2, -0.15) is 0 Å². The molecule has 0 saturated carbocycles. The van der Waals surface area contributed by atoms with Crippen molar-refractivity contribution in [1.29, 1.82) is 0 Å². The molecule has 1 amide bonds. The third-order valence-corrected chi connectivity index (χ3v) is 2.91. The van der Waals surface area contributed by atoms with Gasteiger partial charge in [-0.15, -0.1) is 0 Å². The number of hydrogen-bond acceptors (Lipinski definition) is 2. The molecule has 0 aromatic heterocycles. The first-order valence-electron chi connectivity index (χ1n) is 5.61.